The summed E-state index contributed by atoms with van der Waals surface area (Å²) in [6.45, 7) is 2.80. The van der Waals surface area contributed by atoms with Gasteiger partial charge in [-0.1, -0.05) is 42.5 Å². The van der Waals surface area contributed by atoms with Crippen molar-refractivity contribution in [2.45, 2.75) is 38.7 Å². The van der Waals surface area contributed by atoms with E-state index in [-0.39, 0.29) is 36.5 Å². The van der Waals surface area contributed by atoms with Crippen molar-refractivity contribution in [3.8, 4) is 5.75 Å². The number of carbonyl (C=O) groups excluding carboxylic acids is 1. The maximum Gasteiger partial charge on any atom is 0.387 e. The summed E-state index contributed by atoms with van der Waals surface area (Å²) in [5, 5.41) is 3.08. The van der Waals surface area contributed by atoms with Crippen LogP contribution in [0.15, 0.2) is 54.6 Å². The fourth-order valence-electron chi connectivity index (χ4n) is 3.67. The number of hydrogen-bond acceptors (Lipinski definition) is 4. The smallest absolute Gasteiger partial charge is 0.387 e. The van der Waals surface area contributed by atoms with Gasteiger partial charge in [0.2, 0.25) is 5.91 Å². The van der Waals surface area contributed by atoms with E-state index in [1.807, 2.05) is 44.2 Å². The largest absolute Gasteiger partial charge is 0.435 e. The summed E-state index contributed by atoms with van der Waals surface area (Å²) >= 11 is 0. The highest BCUT2D eigenvalue weighted by Gasteiger charge is 2.25. The average Bonchev–Trinajstić information content (AvgIpc) is 2.66. The minimum absolute atomic E-state index is 0.0816. The van der Waals surface area contributed by atoms with Crippen molar-refractivity contribution in [3.63, 3.8) is 0 Å². The topological polar surface area (TPSA) is 50.8 Å². The van der Waals surface area contributed by atoms with Gasteiger partial charge in [-0.3, -0.25) is 9.69 Å². The minimum atomic E-state index is -2.87. The van der Waals surface area contributed by atoms with Crippen LogP contribution in [0, 0.1) is 0 Å². The Kier molecular flexibility index (Phi) is 7.17. The molecule has 3 atom stereocenters. The Balaban J connectivity index is 1.73. The summed E-state index contributed by atoms with van der Waals surface area (Å²) in [5.41, 5.74) is 1.70. The molecule has 3 rings (SSSR count). The van der Waals surface area contributed by atoms with Gasteiger partial charge in [-0.05, 0) is 37.1 Å². The van der Waals surface area contributed by atoms with Crippen LogP contribution in [-0.2, 0) is 9.53 Å². The third kappa shape index (κ3) is 6.24. The molecule has 0 unspecified atom stereocenters. The number of amides is 1. The zero-order valence-corrected chi connectivity index (χ0v) is 16.6. The fraction of sp³-hybridized carbons (Fsp3) is 0.409. The molecule has 2 aromatic carbocycles. The van der Waals surface area contributed by atoms with Gasteiger partial charge < -0.3 is 14.8 Å². The average molecular weight is 404 g/mol. The first-order valence-corrected chi connectivity index (χ1v) is 9.67. The van der Waals surface area contributed by atoms with Gasteiger partial charge in [0.25, 0.3) is 0 Å². The van der Waals surface area contributed by atoms with Crippen molar-refractivity contribution >= 4 is 5.91 Å². The molecule has 1 fully saturated rings. The maximum atomic E-state index is 12.8. The number of carbonyl (C=O) groups is 1. The number of nitrogens with zero attached hydrogens (tertiary/aromatic N) is 1. The monoisotopic (exact) mass is 404 g/mol. The van der Waals surface area contributed by atoms with Crippen molar-refractivity contribution in [1.29, 1.82) is 0 Å². The molecule has 29 heavy (non-hydrogen) atoms. The van der Waals surface area contributed by atoms with Crippen LogP contribution in [0.25, 0.3) is 0 Å². The number of halogens is 2. The Morgan fingerprint density at radius 1 is 1.07 bits per heavy atom. The molecule has 0 spiro atoms. The Hall–Kier alpha value is -2.51. The molecule has 0 radical (unpaired) electrons. The predicted octanol–water partition coefficient (Wildman–Crippen LogP) is 3.60. The maximum absolute atomic E-state index is 12.8. The molecule has 0 aromatic heterocycles. The third-order valence-corrected chi connectivity index (χ3v) is 4.74. The molecule has 5 nitrogen and oxygen atoms in total. The Bertz CT molecular complexity index is 776. The zero-order chi connectivity index (χ0) is 20.8. The zero-order valence-electron chi connectivity index (χ0n) is 16.6. The molecule has 0 bridgehead atoms. The standard InChI is InChI=1S/C22H26F2N2O3/c1-15-12-26(13-16(2)28-15)14-20(27)25-21(17-6-4-3-5-7-17)18-8-10-19(11-9-18)29-22(23)24/h3-11,15-16,21-22H,12-14H2,1-2H3,(H,25,27)/t15-,16-,21+/m1/s1. The van der Waals surface area contributed by atoms with Crippen LogP contribution in [0.2, 0.25) is 0 Å². The van der Waals surface area contributed by atoms with E-state index in [1.54, 1.807) is 12.1 Å². The van der Waals surface area contributed by atoms with Gasteiger partial charge in [0, 0.05) is 13.1 Å². The molecule has 0 aliphatic carbocycles. The van der Waals surface area contributed by atoms with Gasteiger partial charge in [-0.25, -0.2) is 0 Å². The summed E-state index contributed by atoms with van der Waals surface area (Å²) in [6.07, 6.45) is 0.165. The van der Waals surface area contributed by atoms with Crippen molar-refractivity contribution in [3.05, 3.63) is 65.7 Å². The van der Waals surface area contributed by atoms with Crippen LogP contribution < -0.4 is 10.1 Å². The van der Waals surface area contributed by atoms with Crippen molar-refractivity contribution < 1.29 is 23.0 Å². The number of benzene rings is 2. The summed E-state index contributed by atoms with van der Waals surface area (Å²) < 4.78 is 34.9. The van der Waals surface area contributed by atoms with E-state index in [0.29, 0.717) is 13.1 Å². The van der Waals surface area contributed by atoms with Gasteiger partial charge in [-0.15, -0.1) is 0 Å². The van der Waals surface area contributed by atoms with E-state index in [4.69, 9.17) is 4.74 Å². The SMILES string of the molecule is C[C@@H]1CN(CC(=O)N[C@@H](c2ccccc2)c2ccc(OC(F)F)cc2)C[C@@H](C)O1. The van der Waals surface area contributed by atoms with Gasteiger partial charge in [0.1, 0.15) is 5.75 Å². The van der Waals surface area contributed by atoms with Crippen molar-refractivity contribution in [2.24, 2.45) is 0 Å². The van der Waals surface area contributed by atoms with Crippen LogP contribution in [0.3, 0.4) is 0 Å². The second kappa shape index (κ2) is 9.80. The van der Waals surface area contributed by atoms with Crippen LogP contribution in [0.4, 0.5) is 8.78 Å². The third-order valence-electron chi connectivity index (χ3n) is 4.74. The lowest BCUT2D eigenvalue weighted by atomic mass is 9.98. The molecule has 1 amide bonds. The van der Waals surface area contributed by atoms with Gasteiger partial charge >= 0.3 is 6.61 Å². The Labute approximate surface area is 169 Å². The van der Waals surface area contributed by atoms with Gasteiger partial charge in [-0.2, -0.15) is 8.78 Å². The lowest BCUT2D eigenvalue weighted by Gasteiger charge is -2.35. The first-order valence-electron chi connectivity index (χ1n) is 9.67. The molecule has 2 aromatic rings. The Morgan fingerprint density at radius 2 is 1.66 bits per heavy atom. The summed E-state index contributed by atoms with van der Waals surface area (Å²) in [5.74, 6) is -0.0220. The Morgan fingerprint density at radius 3 is 2.24 bits per heavy atom. The van der Waals surface area contributed by atoms with Crippen LogP contribution in [0.5, 0.6) is 5.75 Å². The molecule has 1 saturated heterocycles. The molecule has 1 N–H and O–H groups in total. The van der Waals surface area contributed by atoms with Crippen LogP contribution in [-0.4, -0.2) is 49.3 Å². The molecule has 156 valence electrons. The predicted molar refractivity (Wildman–Crippen MR) is 106 cm³/mol. The summed E-state index contributed by atoms with van der Waals surface area (Å²) in [4.78, 5) is 14.9. The molecule has 1 aliphatic rings. The van der Waals surface area contributed by atoms with Gasteiger partial charge in [0.15, 0.2) is 0 Å². The molecule has 7 heteroatoms. The highest BCUT2D eigenvalue weighted by molar-refractivity contribution is 5.79. The number of alkyl halides is 2. The first kappa shape index (κ1) is 21.2. The van der Waals surface area contributed by atoms with Gasteiger partial charge in [0.05, 0.1) is 24.8 Å². The lowest BCUT2D eigenvalue weighted by Crippen LogP contribution is -2.49. The van der Waals surface area contributed by atoms with E-state index in [9.17, 15) is 13.6 Å². The highest BCUT2D eigenvalue weighted by Crippen LogP contribution is 2.25. The van der Waals surface area contributed by atoms with E-state index >= 15 is 0 Å². The lowest BCUT2D eigenvalue weighted by molar-refractivity contribution is -0.126. The molecule has 0 saturated carbocycles. The first-order chi connectivity index (χ1) is 13.9. The molecular weight excluding hydrogens is 378 g/mol. The van der Waals surface area contributed by atoms with E-state index < -0.39 is 6.61 Å². The number of rotatable bonds is 7. The van der Waals surface area contributed by atoms with E-state index in [1.165, 1.54) is 12.1 Å². The van der Waals surface area contributed by atoms with Crippen LogP contribution >= 0.6 is 0 Å². The van der Waals surface area contributed by atoms with Crippen molar-refractivity contribution in [2.75, 3.05) is 19.6 Å². The fourth-order valence-corrected chi connectivity index (χ4v) is 3.67. The summed E-state index contributed by atoms with van der Waals surface area (Å²) in [6, 6.07) is 15.5. The van der Waals surface area contributed by atoms with Crippen LogP contribution in [0.1, 0.15) is 31.0 Å². The second-order valence-corrected chi connectivity index (χ2v) is 7.31. The minimum Gasteiger partial charge on any atom is -0.435 e. The number of morpholine rings is 1. The molecule has 1 heterocycles. The molecular formula is C22H26F2N2O3. The quantitative estimate of drug-likeness (QED) is 0.766. The number of nitrogens with one attached hydrogen (secondary N) is 1. The normalized spacial score (nSPS) is 21.0. The number of ether oxygens (including phenoxy) is 2. The second-order valence-electron chi connectivity index (χ2n) is 7.31. The number of hydrogen-bond donors (Lipinski definition) is 1. The van der Waals surface area contributed by atoms with E-state index in [0.717, 1.165) is 11.1 Å². The summed E-state index contributed by atoms with van der Waals surface area (Å²) in [7, 11) is 0. The van der Waals surface area contributed by atoms with Crippen molar-refractivity contribution in [1.82, 2.24) is 10.2 Å². The van der Waals surface area contributed by atoms with E-state index in [2.05, 4.69) is 15.0 Å². The molecule has 1 aliphatic heterocycles. The highest BCUT2D eigenvalue weighted by atomic mass is 19.3.